The summed E-state index contributed by atoms with van der Waals surface area (Å²) in [6.45, 7) is 3.78. The molecule has 0 aliphatic carbocycles. The summed E-state index contributed by atoms with van der Waals surface area (Å²) in [7, 11) is 0. The van der Waals surface area contributed by atoms with E-state index in [9.17, 15) is 14.0 Å². The molecule has 0 spiro atoms. The number of nitrogens with one attached hydrogen (secondary N) is 2. The van der Waals surface area contributed by atoms with Crippen LogP contribution in [0.25, 0.3) is 0 Å². The fraction of sp³-hybridized carbons (Fsp3) is 0.385. The van der Waals surface area contributed by atoms with E-state index in [1.807, 2.05) is 13.8 Å². The topological polar surface area (TPSA) is 58.2 Å². The second-order valence-corrected chi connectivity index (χ2v) is 4.43. The molecule has 2 amide bonds. The summed E-state index contributed by atoms with van der Waals surface area (Å²) in [5.41, 5.74) is 0.500. The molecule has 0 fully saturated rings. The molecule has 0 radical (unpaired) electrons. The molecule has 4 nitrogen and oxygen atoms in total. The van der Waals surface area contributed by atoms with Gasteiger partial charge in [-0.2, -0.15) is 0 Å². The molecular formula is C13H17FN2O2. The third kappa shape index (κ3) is 5.43. The Kier molecular flexibility index (Phi) is 5.30. The summed E-state index contributed by atoms with van der Waals surface area (Å²) in [5, 5.41) is 5.08. The van der Waals surface area contributed by atoms with Gasteiger partial charge in [-0.15, -0.1) is 0 Å². The number of carbonyl (C=O) groups excluding carboxylic acids is 2. The van der Waals surface area contributed by atoms with Gasteiger partial charge in [0.25, 0.3) is 0 Å². The number of halogens is 1. The predicted octanol–water partition coefficient (Wildman–Crippen LogP) is 1.93. The van der Waals surface area contributed by atoms with Crippen molar-refractivity contribution in [2.45, 2.75) is 20.3 Å². The number of anilines is 1. The van der Waals surface area contributed by atoms with Gasteiger partial charge in [-0.1, -0.05) is 13.8 Å². The summed E-state index contributed by atoms with van der Waals surface area (Å²) < 4.78 is 12.6. The van der Waals surface area contributed by atoms with E-state index in [1.165, 1.54) is 24.3 Å². The van der Waals surface area contributed by atoms with Gasteiger partial charge in [0.15, 0.2) is 0 Å². The number of hydrogen-bond acceptors (Lipinski definition) is 2. The molecule has 0 heterocycles. The van der Waals surface area contributed by atoms with Crippen molar-refractivity contribution in [2.24, 2.45) is 5.92 Å². The van der Waals surface area contributed by atoms with Gasteiger partial charge in [0.05, 0.1) is 6.54 Å². The first kappa shape index (κ1) is 14.2. The van der Waals surface area contributed by atoms with Crippen LogP contribution in [0.2, 0.25) is 0 Å². The van der Waals surface area contributed by atoms with E-state index >= 15 is 0 Å². The molecule has 98 valence electrons. The quantitative estimate of drug-likeness (QED) is 0.841. The van der Waals surface area contributed by atoms with Crippen LogP contribution in [-0.4, -0.2) is 18.4 Å². The molecule has 18 heavy (non-hydrogen) atoms. The summed E-state index contributed by atoms with van der Waals surface area (Å²) in [5.74, 6) is -0.596. The first-order valence-electron chi connectivity index (χ1n) is 5.79. The highest BCUT2D eigenvalue weighted by Crippen LogP contribution is 2.07. The third-order valence-corrected chi connectivity index (χ3v) is 2.17. The molecule has 0 bridgehead atoms. The van der Waals surface area contributed by atoms with Crippen LogP contribution >= 0.6 is 0 Å². The average molecular weight is 252 g/mol. The molecular weight excluding hydrogens is 235 g/mol. The molecule has 1 aromatic carbocycles. The van der Waals surface area contributed by atoms with E-state index in [0.29, 0.717) is 12.1 Å². The Bertz CT molecular complexity index is 416. The molecule has 0 saturated heterocycles. The smallest absolute Gasteiger partial charge is 0.243 e. The molecule has 0 aliphatic heterocycles. The van der Waals surface area contributed by atoms with Crippen molar-refractivity contribution in [3.63, 3.8) is 0 Å². The van der Waals surface area contributed by atoms with E-state index < -0.39 is 0 Å². The molecule has 0 atom stereocenters. The second kappa shape index (κ2) is 6.74. The van der Waals surface area contributed by atoms with Crippen LogP contribution in [0, 0.1) is 11.7 Å². The Morgan fingerprint density at radius 3 is 2.33 bits per heavy atom. The molecule has 1 rings (SSSR count). The summed E-state index contributed by atoms with van der Waals surface area (Å²) in [6, 6.07) is 5.44. The van der Waals surface area contributed by atoms with E-state index in [-0.39, 0.29) is 30.1 Å². The zero-order valence-electron chi connectivity index (χ0n) is 10.5. The van der Waals surface area contributed by atoms with E-state index in [1.54, 1.807) is 0 Å². The monoisotopic (exact) mass is 252 g/mol. The van der Waals surface area contributed by atoms with E-state index in [2.05, 4.69) is 10.6 Å². The first-order valence-corrected chi connectivity index (χ1v) is 5.79. The Balaban J connectivity index is 2.34. The van der Waals surface area contributed by atoms with Crippen LogP contribution in [0.5, 0.6) is 0 Å². The highest BCUT2D eigenvalue weighted by atomic mass is 19.1. The largest absolute Gasteiger partial charge is 0.347 e. The lowest BCUT2D eigenvalue weighted by Gasteiger charge is -2.08. The molecule has 0 saturated carbocycles. The predicted molar refractivity (Wildman–Crippen MR) is 67.5 cm³/mol. The first-order chi connectivity index (χ1) is 8.47. The molecule has 1 aromatic rings. The van der Waals surface area contributed by atoms with Gasteiger partial charge in [-0.3, -0.25) is 9.59 Å². The van der Waals surface area contributed by atoms with Crippen LogP contribution in [0.1, 0.15) is 20.3 Å². The normalized spacial score (nSPS) is 10.2. The number of rotatable bonds is 5. The van der Waals surface area contributed by atoms with Crippen molar-refractivity contribution >= 4 is 17.5 Å². The fourth-order valence-electron chi connectivity index (χ4n) is 1.36. The van der Waals surface area contributed by atoms with Crippen molar-refractivity contribution in [2.75, 3.05) is 11.9 Å². The summed E-state index contributed by atoms with van der Waals surface area (Å²) in [4.78, 5) is 22.8. The van der Waals surface area contributed by atoms with Crippen molar-refractivity contribution in [3.8, 4) is 0 Å². The highest BCUT2D eigenvalue weighted by molar-refractivity contribution is 5.94. The van der Waals surface area contributed by atoms with Gasteiger partial charge in [0.2, 0.25) is 11.8 Å². The summed E-state index contributed by atoms with van der Waals surface area (Å²) >= 11 is 0. The van der Waals surface area contributed by atoms with Crippen molar-refractivity contribution in [1.82, 2.24) is 5.32 Å². The number of hydrogen-bond donors (Lipinski definition) is 2. The molecule has 0 aromatic heterocycles. The van der Waals surface area contributed by atoms with Crippen molar-refractivity contribution < 1.29 is 14.0 Å². The Labute approximate surface area is 106 Å². The zero-order valence-corrected chi connectivity index (χ0v) is 10.5. The minimum absolute atomic E-state index is 0.0804. The van der Waals surface area contributed by atoms with Crippen molar-refractivity contribution in [3.05, 3.63) is 30.1 Å². The van der Waals surface area contributed by atoms with Crippen LogP contribution in [-0.2, 0) is 9.59 Å². The summed E-state index contributed by atoms with van der Waals surface area (Å²) in [6.07, 6.45) is 0.393. The number of benzene rings is 1. The molecule has 0 unspecified atom stereocenters. The minimum Gasteiger partial charge on any atom is -0.347 e. The zero-order chi connectivity index (χ0) is 13.5. The van der Waals surface area contributed by atoms with Gasteiger partial charge in [0.1, 0.15) is 5.82 Å². The minimum atomic E-state index is -0.363. The van der Waals surface area contributed by atoms with Crippen molar-refractivity contribution in [1.29, 1.82) is 0 Å². The second-order valence-electron chi connectivity index (χ2n) is 4.43. The van der Waals surface area contributed by atoms with Crippen LogP contribution in [0.4, 0.5) is 10.1 Å². The standard InChI is InChI=1S/C13H17FN2O2/c1-9(2)7-12(17)15-8-13(18)16-11-5-3-10(14)4-6-11/h3-6,9H,7-8H2,1-2H3,(H,15,17)(H,16,18). The van der Waals surface area contributed by atoms with E-state index in [4.69, 9.17) is 0 Å². The molecule has 0 aliphatic rings. The molecule has 5 heteroatoms. The number of carbonyl (C=O) groups is 2. The van der Waals surface area contributed by atoms with Gasteiger partial charge >= 0.3 is 0 Å². The van der Waals surface area contributed by atoms with Crippen LogP contribution < -0.4 is 10.6 Å². The average Bonchev–Trinajstić information content (AvgIpc) is 2.29. The Morgan fingerprint density at radius 2 is 1.78 bits per heavy atom. The maximum Gasteiger partial charge on any atom is 0.243 e. The lowest BCUT2D eigenvalue weighted by molar-refractivity contribution is -0.124. The molecule has 2 N–H and O–H groups in total. The lowest BCUT2D eigenvalue weighted by atomic mass is 10.1. The highest BCUT2D eigenvalue weighted by Gasteiger charge is 2.07. The lowest BCUT2D eigenvalue weighted by Crippen LogP contribution is -2.33. The van der Waals surface area contributed by atoms with Gasteiger partial charge in [-0.05, 0) is 30.2 Å². The number of amides is 2. The van der Waals surface area contributed by atoms with Gasteiger partial charge in [-0.25, -0.2) is 4.39 Å². The van der Waals surface area contributed by atoms with Gasteiger partial charge < -0.3 is 10.6 Å². The Hall–Kier alpha value is -1.91. The Morgan fingerprint density at radius 1 is 1.17 bits per heavy atom. The maximum absolute atomic E-state index is 12.6. The maximum atomic E-state index is 12.6. The third-order valence-electron chi connectivity index (χ3n) is 2.17. The SMILES string of the molecule is CC(C)CC(=O)NCC(=O)Nc1ccc(F)cc1. The van der Waals surface area contributed by atoms with Crippen LogP contribution in [0.15, 0.2) is 24.3 Å². The fourth-order valence-corrected chi connectivity index (χ4v) is 1.36. The van der Waals surface area contributed by atoms with Crippen LogP contribution in [0.3, 0.4) is 0 Å². The van der Waals surface area contributed by atoms with E-state index in [0.717, 1.165) is 0 Å². The van der Waals surface area contributed by atoms with Gasteiger partial charge in [0, 0.05) is 12.1 Å².